The van der Waals surface area contributed by atoms with Gasteiger partial charge >= 0.3 is 18.5 Å². The Hall–Kier alpha value is -2.88. The third-order valence-corrected chi connectivity index (χ3v) is 3.95. The van der Waals surface area contributed by atoms with E-state index in [2.05, 4.69) is 9.46 Å². The normalized spacial score (nSPS) is 11.6. The molecule has 0 radical (unpaired) electrons. The van der Waals surface area contributed by atoms with Crippen molar-refractivity contribution in [2.45, 2.75) is 12.5 Å². The summed E-state index contributed by atoms with van der Waals surface area (Å²) < 4.78 is 62.5. The van der Waals surface area contributed by atoms with Crippen LogP contribution in [0.1, 0.15) is 15.9 Å². The fourth-order valence-electron chi connectivity index (χ4n) is 2.03. The Morgan fingerprint density at radius 2 is 1.93 bits per heavy atom. The van der Waals surface area contributed by atoms with E-state index in [4.69, 9.17) is 9.84 Å². The van der Waals surface area contributed by atoms with Crippen molar-refractivity contribution in [3.05, 3.63) is 59.0 Å². The summed E-state index contributed by atoms with van der Waals surface area (Å²) in [7, 11) is 1.19. The highest BCUT2D eigenvalue weighted by molar-refractivity contribution is 8.03. The van der Waals surface area contributed by atoms with Crippen LogP contribution in [0.5, 0.6) is 11.5 Å². The standard InChI is InChI=1S/C18H15F4NO4S/c1-26-15-10-11(6-7-14(15)27-18(21,22)17(19)20)8-9-28-23-13-5-3-2-4-12(13)16(24)25/h2-10,17,23H,1H3,(H,24,25)/b9-8+. The summed E-state index contributed by atoms with van der Waals surface area (Å²) in [6.07, 6.45) is -7.03. The Morgan fingerprint density at radius 3 is 2.57 bits per heavy atom. The minimum Gasteiger partial charge on any atom is -0.493 e. The van der Waals surface area contributed by atoms with Crippen molar-refractivity contribution < 1.29 is 36.9 Å². The second-order valence-electron chi connectivity index (χ2n) is 5.25. The highest BCUT2D eigenvalue weighted by atomic mass is 32.2. The first-order valence-electron chi connectivity index (χ1n) is 7.68. The summed E-state index contributed by atoms with van der Waals surface area (Å²) in [5, 5.41) is 10.7. The Labute approximate surface area is 162 Å². The third-order valence-electron chi connectivity index (χ3n) is 3.34. The van der Waals surface area contributed by atoms with E-state index < -0.39 is 24.3 Å². The van der Waals surface area contributed by atoms with Crippen LogP contribution in [0.25, 0.3) is 6.08 Å². The molecule has 0 fully saturated rings. The van der Waals surface area contributed by atoms with Gasteiger partial charge in [-0.25, -0.2) is 4.79 Å². The number of benzene rings is 2. The number of carboxylic acid groups (broad SMARTS) is 1. The van der Waals surface area contributed by atoms with Gasteiger partial charge in [-0.05, 0) is 53.3 Å². The Balaban J connectivity index is 2.06. The van der Waals surface area contributed by atoms with Crippen molar-refractivity contribution >= 4 is 29.7 Å². The highest BCUT2D eigenvalue weighted by Crippen LogP contribution is 2.35. The van der Waals surface area contributed by atoms with E-state index in [1.54, 1.807) is 29.7 Å². The van der Waals surface area contributed by atoms with Gasteiger partial charge in [0.1, 0.15) is 0 Å². The number of aromatic carboxylic acids is 1. The topological polar surface area (TPSA) is 67.8 Å². The largest absolute Gasteiger partial charge is 0.493 e. The zero-order valence-electron chi connectivity index (χ0n) is 14.4. The van der Waals surface area contributed by atoms with Crippen LogP contribution in [0, 0.1) is 0 Å². The van der Waals surface area contributed by atoms with Gasteiger partial charge in [-0.15, -0.1) is 0 Å². The second-order valence-corrected chi connectivity index (χ2v) is 5.96. The lowest BCUT2D eigenvalue weighted by Gasteiger charge is -2.18. The zero-order valence-corrected chi connectivity index (χ0v) is 15.2. The summed E-state index contributed by atoms with van der Waals surface area (Å²) in [5.41, 5.74) is 1.03. The molecular weight excluding hydrogens is 402 g/mol. The number of nitrogens with one attached hydrogen (secondary N) is 1. The minimum atomic E-state index is -4.64. The van der Waals surface area contributed by atoms with Crippen LogP contribution < -0.4 is 14.2 Å². The van der Waals surface area contributed by atoms with E-state index in [1.165, 1.54) is 25.3 Å². The Kier molecular flexibility index (Phi) is 7.16. The molecule has 2 aromatic rings. The van der Waals surface area contributed by atoms with E-state index in [1.807, 2.05) is 0 Å². The van der Waals surface area contributed by atoms with Gasteiger partial charge in [0.05, 0.1) is 18.4 Å². The van der Waals surface area contributed by atoms with Crippen molar-refractivity contribution in [3.63, 3.8) is 0 Å². The lowest BCUT2D eigenvalue weighted by atomic mass is 10.2. The maximum atomic E-state index is 13.1. The van der Waals surface area contributed by atoms with Crippen LogP contribution in [-0.2, 0) is 0 Å². The van der Waals surface area contributed by atoms with Crippen LogP contribution in [0.4, 0.5) is 23.2 Å². The van der Waals surface area contributed by atoms with Crippen molar-refractivity contribution in [2.24, 2.45) is 0 Å². The number of ether oxygens (including phenoxy) is 2. The quantitative estimate of drug-likeness (QED) is 0.423. The molecule has 0 heterocycles. The van der Waals surface area contributed by atoms with Crippen LogP contribution in [0.2, 0.25) is 0 Å². The molecule has 0 spiro atoms. The van der Waals surface area contributed by atoms with Gasteiger partial charge in [-0.1, -0.05) is 18.2 Å². The minimum absolute atomic E-state index is 0.103. The lowest BCUT2D eigenvalue weighted by molar-refractivity contribution is -0.253. The monoisotopic (exact) mass is 417 g/mol. The average molecular weight is 417 g/mol. The predicted molar refractivity (Wildman–Crippen MR) is 98.2 cm³/mol. The molecule has 2 rings (SSSR count). The fraction of sp³-hybridized carbons (Fsp3) is 0.167. The molecule has 0 aliphatic carbocycles. The van der Waals surface area contributed by atoms with Crippen LogP contribution >= 0.6 is 11.9 Å². The lowest BCUT2D eigenvalue weighted by Crippen LogP contribution is -2.33. The molecule has 2 aromatic carbocycles. The van der Waals surface area contributed by atoms with Crippen molar-refractivity contribution in [3.8, 4) is 11.5 Å². The molecule has 0 atom stereocenters. The maximum Gasteiger partial charge on any atom is 0.461 e. The van der Waals surface area contributed by atoms with E-state index in [0.717, 1.165) is 18.0 Å². The molecule has 0 unspecified atom stereocenters. The molecule has 5 nitrogen and oxygen atoms in total. The Morgan fingerprint density at radius 1 is 1.21 bits per heavy atom. The van der Waals surface area contributed by atoms with Crippen molar-refractivity contribution in [2.75, 3.05) is 11.8 Å². The number of carboxylic acids is 1. The molecule has 0 aliphatic heterocycles. The van der Waals surface area contributed by atoms with Crippen LogP contribution in [-0.4, -0.2) is 30.7 Å². The fourth-order valence-corrected chi connectivity index (χ4v) is 2.63. The molecule has 0 saturated carbocycles. The van der Waals surface area contributed by atoms with Crippen LogP contribution in [0.15, 0.2) is 47.9 Å². The number of carbonyl (C=O) groups is 1. The van der Waals surface area contributed by atoms with E-state index >= 15 is 0 Å². The average Bonchev–Trinajstić information content (AvgIpc) is 2.66. The molecule has 0 bridgehead atoms. The molecule has 0 aromatic heterocycles. The zero-order chi connectivity index (χ0) is 20.7. The number of alkyl halides is 4. The SMILES string of the molecule is COc1cc(/C=C/SNc2ccccc2C(=O)O)ccc1OC(F)(F)C(F)F. The first-order chi connectivity index (χ1) is 13.2. The van der Waals surface area contributed by atoms with Crippen molar-refractivity contribution in [1.29, 1.82) is 0 Å². The summed E-state index contributed by atoms with van der Waals surface area (Å²) in [5.74, 6) is -1.74. The number of halogens is 4. The molecule has 0 saturated heterocycles. The summed E-state index contributed by atoms with van der Waals surface area (Å²) >= 11 is 1.08. The third kappa shape index (κ3) is 5.56. The number of hydrogen-bond acceptors (Lipinski definition) is 5. The van der Waals surface area contributed by atoms with Crippen molar-refractivity contribution in [1.82, 2.24) is 0 Å². The van der Waals surface area contributed by atoms with E-state index in [0.29, 0.717) is 11.3 Å². The van der Waals surface area contributed by atoms with E-state index in [-0.39, 0.29) is 11.3 Å². The molecule has 10 heteroatoms. The van der Waals surface area contributed by atoms with Gasteiger partial charge in [0.2, 0.25) is 0 Å². The molecule has 150 valence electrons. The summed E-state index contributed by atoms with van der Waals surface area (Å²) in [6.45, 7) is 0. The second kappa shape index (κ2) is 9.36. The smallest absolute Gasteiger partial charge is 0.461 e. The summed E-state index contributed by atoms with van der Waals surface area (Å²) in [6, 6.07) is 10.1. The first kappa shape index (κ1) is 21.4. The number of hydrogen-bond donors (Lipinski definition) is 2. The number of methoxy groups -OCH3 is 1. The Bertz CT molecular complexity index is 861. The maximum absolute atomic E-state index is 13.1. The highest BCUT2D eigenvalue weighted by Gasteiger charge is 2.44. The molecule has 28 heavy (non-hydrogen) atoms. The van der Waals surface area contributed by atoms with Gasteiger partial charge in [0.25, 0.3) is 0 Å². The number of rotatable bonds is 9. The predicted octanol–water partition coefficient (Wildman–Crippen LogP) is 5.36. The number of anilines is 1. The van der Waals surface area contributed by atoms with Gasteiger partial charge in [0.15, 0.2) is 11.5 Å². The molecule has 0 amide bonds. The van der Waals surface area contributed by atoms with E-state index in [9.17, 15) is 22.4 Å². The first-order valence-corrected chi connectivity index (χ1v) is 8.56. The molecular formula is C18H15F4NO4S. The molecule has 0 aliphatic rings. The van der Waals surface area contributed by atoms with Gasteiger partial charge in [-0.3, -0.25) is 0 Å². The van der Waals surface area contributed by atoms with Gasteiger partial charge in [-0.2, -0.15) is 17.6 Å². The number of para-hydroxylation sites is 1. The molecule has 2 N–H and O–H groups in total. The van der Waals surface area contributed by atoms with Gasteiger partial charge in [0, 0.05) is 0 Å². The van der Waals surface area contributed by atoms with Crippen LogP contribution in [0.3, 0.4) is 0 Å². The summed E-state index contributed by atoms with van der Waals surface area (Å²) in [4.78, 5) is 11.1. The van der Waals surface area contributed by atoms with Gasteiger partial charge < -0.3 is 19.3 Å².